The largest absolute Gasteiger partial charge is 0.462 e. The molecule has 0 radical (unpaired) electrons. The molecule has 0 rings (SSSR count). The summed E-state index contributed by atoms with van der Waals surface area (Å²) in [6, 6.07) is 0. The van der Waals surface area contributed by atoms with Gasteiger partial charge in [-0.05, 0) is 6.92 Å². The number of hydrogen-bond acceptors (Lipinski definition) is 4. The van der Waals surface area contributed by atoms with E-state index in [4.69, 9.17) is 14.7 Å². The summed E-state index contributed by atoms with van der Waals surface area (Å²) in [6.07, 6.45) is -0.00792. The quantitative estimate of drug-likeness (QED) is 0.397. The third-order valence-corrected chi connectivity index (χ3v) is 2.10. The van der Waals surface area contributed by atoms with Gasteiger partial charge in [0, 0.05) is 18.9 Å². The molecular weight excluding hydrogens is 270 g/mol. The van der Waals surface area contributed by atoms with Crippen molar-refractivity contribution in [3.8, 4) is 0 Å². The molecule has 7 nitrogen and oxygen atoms in total. The second-order valence-corrected chi connectivity index (χ2v) is 7.75. The minimum Gasteiger partial charge on any atom is -0.462 e. The lowest BCUT2D eigenvalue weighted by atomic mass is 10.4. The summed E-state index contributed by atoms with van der Waals surface area (Å²) in [4.78, 5) is 34.8. The Balaban J connectivity index is 0. The topological polar surface area (TPSA) is 121 Å². The molecule has 1 unspecified atom stereocenters. The van der Waals surface area contributed by atoms with Gasteiger partial charge in [0.05, 0.1) is 6.16 Å². The first-order valence-electron chi connectivity index (χ1n) is 4.48. The molecule has 0 aliphatic heterocycles. The van der Waals surface area contributed by atoms with Crippen molar-refractivity contribution in [1.29, 1.82) is 0 Å². The molecule has 0 aromatic carbocycles. The van der Waals surface area contributed by atoms with E-state index in [9.17, 15) is 13.9 Å². The van der Waals surface area contributed by atoms with Gasteiger partial charge in [0.1, 0.15) is 6.61 Å². The number of carbonyl (C=O) groups excluding carboxylic acids is 1. The van der Waals surface area contributed by atoms with Crippen molar-refractivity contribution >= 4 is 20.9 Å². The fraction of sp³-hybridized carbons (Fsp3) is 0.625. The number of esters is 1. The third kappa shape index (κ3) is 25.7. The molecule has 0 aromatic heterocycles. The Morgan fingerprint density at radius 2 is 1.59 bits per heavy atom. The lowest BCUT2D eigenvalue weighted by Crippen LogP contribution is -2.08. The standard InChI is InChI=1S/C7H13O4P.CH5O3P/c1-6(2)7(8)11-4-5-12(3,9)10;1-5(2,3)4/h1,4-5H2,2-3H3,(H,9,10);1H3,(H2,2,3,4). The molecular formula is C8H18O7P2. The maximum Gasteiger partial charge on any atom is 0.333 e. The monoisotopic (exact) mass is 288 g/mol. The number of hydrogen-bond donors (Lipinski definition) is 3. The highest BCUT2D eigenvalue weighted by atomic mass is 31.2. The maximum absolute atomic E-state index is 10.7. The predicted molar refractivity (Wildman–Crippen MR) is 64.4 cm³/mol. The minimum absolute atomic E-state index is 0.00792. The molecule has 3 N–H and O–H groups in total. The predicted octanol–water partition coefficient (Wildman–Crippen LogP) is 0.800. The van der Waals surface area contributed by atoms with Gasteiger partial charge in [-0.1, -0.05) is 6.58 Å². The molecule has 0 aliphatic rings. The van der Waals surface area contributed by atoms with Crippen LogP contribution in [0.5, 0.6) is 0 Å². The van der Waals surface area contributed by atoms with Crippen LogP contribution < -0.4 is 0 Å². The first kappa shape index (κ1) is 18.9. The highest BCUT2D eigenvalue weighted by Gasteiger charge is 2.11. The van der Waals surface area contributed by atoms with Gasteiger partial charge >= 0.3 is 13.6 Å². The summed E-state index contributed by atoms with van der Waals surface area (Å²) in [5.74, 6) is -0.525. The Bertz CT molecular complexity index is 343. The van der Waals surface area contributed by atoms with Gasteiger partial charge in [-0.2, -0.15) is 0 Å². The molecule has 0 fully saturated rings. The molecule has 0 aromatic rings. The van der Waals surface area contributed by atoms with Crippen molar-refractivity contribution in [1.82, 2.24) is 0 Å². The molecule has 0 saturated heterocycles. The zero-order valence-corrected chi connectivity index (χ0v) is 11.8. The van der Waals surface area contributed by atoms with Gasteiger partial charge in [-0.25, -0.2) is 4.79 Å². The minimum atomic E-state index is -3.64. The van der Waals surface area contributed by atoms with Gasteiger partial charge < -0.3 is 19.4 Å². The molecule has 0 heterocycles. The normalized spacial score (nSPS) is 14.0. The van der Waals surface area contributed by atoms with Gasteiger partial charge in [0.2, 0.25) is 7.37 Å². The molecule has 102 valence electrons. The summed E-state index contributed by atoms with van der Waals surface area (Å²) in [5, 5.41) is 0. The fourth-order valence-electron chi connectivity index (χ4n) is 0.431. The average molecular weight is 288 g/mol. The molecule has 0 aliphatic carbocycles. The summed E-state index contributed by atoms with van der Waals surface area (Å²) < 4.78 is 24.6. The molecule has 0 amide bonds. The highest BCUT2D eigenvalue weighted by Crippen LogP contribution is 2.34. The Kier molecular flexibility index (Phi) is 8.67. The van der Waals surface area contributed by atoms with Gasteiger partial charge in [0.25, 0.3) is 0 Å². The van der Waals surface area contributed by atoms with Gasteiger partial charge in [0.15, 0.2) is 0 Å². The van der Waals surface area contributed by atoms with Crippen LogP contribution in [0.15, 0.2) is 12.2 Å². The van der Waals surface area contributed by atoms with Crippen molar-refractivity contribution in [2.24, 2.45) is 0 Å². The molecule has 1 atom stereocenters. The van der Waals surface area contributed by atoms with Crippen molar-refractivity contribution in [3.63, 3.8) is 0 Å². The number of carbonyl (C=O) groups is 1. The molecule has 17 heavy (non-hydrogen) atoms. The van der Waals surface area contributed by atoms with Crippen LogP contribution in [-0.4, -0.2) is 46.7 Å². The number of rotatable bonds is 4. The lowest BCUT2D eigenvalue weighted by molar-refractivity contribution is -0.138. The fourth-order valence-corrected chi connectivity index (χ4v) is 0.861. The smallest absolute Gasteiger partial charge is 0.333 e. The van der Waals surface area contributed by atoms with Gasteiger partial charge in [-0.3, -0.25) is 9.13 Å². The second kappa shape index (κ2) is 7.80. The van der Waals surface area contributed by atoms with Gasteiger partial charge in [-0.15, -0.1) is 0 Å². The maximum atomic E-state index is 10.7. The first-order valence-corrected chi connectivity index (χ1v) is 8.83. The zero-order valence-electron chi connectivity index (χ0n) is 9.99. The third-order valence-electron chi connectivity index (χ3n) is 1.09. The van der Waals surface area contributed by atoms with Crippen molar-refractivity contribution in [2.45, 2.75) is 6.92 Å². The van der Waals surface area contributed by atoms with E-state index in [2.05, 4.69) is 11.3 Å². The Morgan fingerprint density at radius 1 is 1.24 bits per heavy atom. The van der Waals surface area contributed by atoms with Crippen LogP contribution in [-0.2, 0) is 18.7 Å². The van der Waals surface area contributed by atoms with E-state index in [1.54, 1.807) is 0 Å². The molecule has 0 spiro atoms. The summed E-state index contributed by atoms with van der Waals surface area (Å²) >= 11 is 0. The number of ether oxygens (including phenoxy) is 1. The first-order chi connectivity index (χ1) is 7.33. The SMILES string of the molecule is C=C(C)C(=O)OCCP(C)(=O)O.CP(=O)(O)O. The lowest BCUT2D eigenvalue weighted by Gasteiger charge is -2.05. The van der Waals surface area contributed by atoms with Crippen LogP contribution in [0.2, 0.25) is 0 Å². The second-order valence-electron chi connectivity index (χ2n) is 3.53. The summed E-state index contributed by atoms with van der Waals surface area (Å²) in [7, 11) is -6.70. The zero-order chi connectivity index (χ0) is 14.3. The van der Waals surface area contributed by atoms with Crippen LogP contribution in [0.1, 0.15) is 6.92 Å². The molecule has 0 saturated carbocycles. The van der Waals surface area contributed by atoms with Crippen LogP contribution in [0.3, 0.4) is 0 Å². The Labute approximate surface area is 100 Å². The van der Waals surface area contributed by atoms with Crippen molar-refractivity contribution < 1.29 is 33.3 Å². The van der Waals surface area contributed by atoms with E-state index in [0.717, 1.165) is 6.66 Å². The average Bonchev–Trinajstić information content (AvgIpc) is 1.97. The van der Waals surface area contributed by atoms with E-state index >= 15 is 0 Å². The van der Waals surface area contributed by atoms with E-state index in [0.29, 0.717) is 5.57 Å². The van der Waals surface area contributed by atoms with Crippen molar-refractivity contribution in [2.75, 3.05) is 26.1 Å². The van der Waals surface area contributed by atoms with E-state index in [-0.39, 0.29) is 12.8 Å². The Morgan fingerprint density at radius 3 is 1.82 bits per heavy atom. The molecule has 0 bridgehead atoms. The summed E-state index contributed by atoms with van der Waals surface area (Å²) in [6.45, 7) is 6.93. The summed E-state index contributed by atoms with van der Waals surface area (Å²) in [5.41, 5.74) is 0.291. The van der Waals surface area contributed by atoms with Crippen LogP contribution >= 0.6 is 15.0 Å². The van der Waals surface area contributed by atoms with Crippen LogP contribution in [0.4, 0.5) is 0 Å². The highest BCUT2D eigenvalue weighted by molar-refractivity contribution is 7.57. The van der Waals surface area contributed by atoms with E-state index < -0.39 is 20.9 Å². The Hall–Kier alpha value is -0.450. The van der Waals surface area contributed by atoms with E-state index in [1.807, 2.05) is 0 Å². The van der Waals surface area contributed by atoms with E-state index in [1.165, 1.54) is 13.6 Å². The van der Waals surface area contributed by atoms with Crippen LogP contribution in [0.25, 0.3) is 0 Å². The molecule has 9 heteroatoms. The van der Waals surface area contributed by atoms with Crippen molar-refractivity contribution in [3.05, 3.63) is 12.2 Å². The van der Waals surface area contributed by atoms with Crippen LogP contribution in [0, 0.1) is 0 Å².